The van der Waals surface area contributed by atoms with Crippen molar-refractivity contribution >= 4 is 5.71 Å². The molecule has 2 aromatic rings. The molecule has 142 valence electrons. The minimum absolute atomic E-state index is 0.469. The van der Waals surface area contributed by atoms with E-state index in [4.69, 9.17) is 9.99 Å². The fourth-order valence-corrected chi connectivity index (χ4v) is 4.74. The molecule has 0 saturated heterocycles. The lowest BCUT2D eigenvalue weighted by Gasteiger charge is -2.40. The summed E-state index contributed by atoms with van der Waals surface area (Å²) in [5, 5.41) is 4.70. The van der Waals surface area contributed by atoms with E-state index < -0.39 is 0 Å². The van der Waals surface area contributed by atoms with Crippen LogP contribution in [0.15, 0.2) is 59.8 Å². The van der Waals surface area contributed by atoms with Gasteiger partial charge in [0.15, 0.2) is 0 Å². The molecule has 2 aromatic carbocycles. The molecule has 0 bridgehead atoms. The largest absolute Gasteiger partial charge is 0.391 e. The fraction of sp³-hybridized carbons (Fsp3) is 0.480. The maximum atomic E-state index is 5.84. The minimum Gasteiger partial charge on any atom is -0.391 e. The topological polar surface area (TPSA) is 21.6 Å². The smallest absolute Gasteiger partial charge is 0.142 e. The lowest BCUT2D eigenvalue weighted by Crippen LogP contribution is -2.31. The van der Waals surface area contributed by atoms with Crippen molar-refractivity contribution in [3.63, 3.8) is 0 Å². The first kappa shape index (κ1) is 18.3. The van der Waals surface area contributed by atoms with Crippen LogP contribution < -0.4 is 0 Å². The van der Waals surface area contributed by atoms with Crippen molar-refractivity contribution in [1.82, 2.24) is 0 Å². The highest BCUT2D eigenvalue weighted by Gasteiger charge is 2.40. The van der Waals surface area contributed by atoms with Gasteiger partial charge in [-0.25, -0.2) is 0 Å². The number of benzene rings is 2. The van der Waals surface area contributed by atoms with Crippen LogP contribution in [0.25, 0.3) is 0 Å². The lowest BCUT2D eigenvalue weighted by molar-refractivity contribution is 0.128. The molecule has 4 rings (SSSR count). The number of nitrogens with zero attached hydrogens (tertiary/aromatic N) is 1. The van der Waals surface area contributed by atoms with E-state index in [-0.39, 0.29) is 0 Å². The van der Waals surface area contributed by atoms with Crippen LogP contribution >= 0.6 is 0 Å². The molecule has 2 aliphatic carbocycles. The lowest BCUT2D eigenvalue weighted by atomic mass is 9.63. The Morgan fingerprint density at radius 1 is 0.741 bits per heavy atom. The predicted molar refractivity (Wildman–Crippen MR) is 112 cm³/mol. The van der Waals surface area contributed by atoms with Crippen LogP contribution in [0.2, 0.25) is 0 Å². The van der Waals surface area contributed by atoms with E-state index in [1.54, 1.807) is 5.56 Å². The third-order valence-electron chi connectivity index (χ3n) is 6.20. The maximum absolute atomic E-state index is 5.84. The maximum Gasteiger partial charge on any atom is 0.142 e. The summed E-state index contributed by atoms with van der Waals surface area (Å²) in [4.78, 5) is 5.84. The molecule has 0 amide bonds. The van der Waals surface area contributed by atoms with E-state index in [0.717, 1.165) is 6.42 Å². The average Bonchev–Trinajstić information content (AvgIpc) is 2.69. The number of hydrogen-bond acceptors (Lipinski definition) is 2. The normalized spacial score (nSPS) is 24.7. The van der Waals surface area contributed by atoms with Crippen molar-refractivity contribution in [3.05, 3.63) is 71.3 Å². The van der Waals surface area contributed by atoms with Gasteiger partial charge in [0, 0.05) is 5.92 Å². The molecule has 0 aliphatic heterocycles. The van der Waals surface area contributed by atoms with Gasteiger partial charge in [-0.15, -0.1) is 0 Å². The van der Waals surface area contributed by atoms with E-state index in [2.05, 4.69) is 48.5 Å². The van der Waals surface area contributed by atoms with Gasteiger partial charge >= 0.3 is 0 Å². The van der Waals surface area contributed by atoms with Gasteiger partial charge in [0.2, 0.25) is 0 Å². The van der Waals surface area contributed by atoms with Gasteiger partial charge in [-0.3, -0.25) is 0 Å². The van der Waals surface area contributed by atoms with Crippen molar-refractivity contribution in [2.24, 2.45) is 5.16 Å². The highest BCUT2D eigenvalue weighted by Crippen LogP contribution is 2.51. The standard InChI is InChI=1S/C25H31NO/c1-2-4-9-16-22-21-15-11-12-17-23(21)25(22)24(18-10-5-3-1)26-27-19-20-13-7-6-8-14-20/h6-8,11-15,17,22,25H,1-5,9-10,16,18-19H2/b26-24+. The average molecular weight is 362 g/mol. The van der Waals surface area contributed by atoms with Crippen LogP contribution in [0.3, 0.4) is 0 Å². The monoisotopic (exact) mass is 361 g/mol. The quantitative estimate of drug-likeness (QED) is 0.541. The van der Waals surface area contributed by atoms with Crippen LogP contribution in [-0.4, -0.2) is 5.71 Å². The van der Waals surface area contributed by atoms with Crippen LogP contribution in [0.1, 0.15) is 86.3 Å². The third-order valence-corrected chi connectivity index (χ3v) is 6.20. The molecule has 2 heteroatoms. The van der Waals surface area contributed by atoms with Gasteiger partial charge in [-0.1, -0.05) is 98.3 Å². The number of oxime groups is 1. The Hall–Kier alpha value is -2.09. The molecular weight excluding hydrogens is 330 g/mol. The molecule has 0 N–H and O–H groups in total. The summed E-state index contributed by atoms with van der Waals surface area (Å²) in [7, 11) is 0. The first-order valence-corrected chi connectivity index (χ1v) is 10.7. The Labute approximate surface area is 163 Å². The second-order valence-electron chi connectivity index (χ2n) is 8.07. The summed E-state index contributed by atoms with van der Waals surface area (Å²) in [6.07, 6.45) is 11.8. The molecular formula is C25H31NO. The van der Waals surface area contributed by atoms with Gasteiger partial charge in [0.05, 0.1) is 5.71 Å². The van der Waals surface area contributed by atoms with Crippen molar-refractivity contribution < 1.29 is 4.84 Å². The predicted octanol–water partition coefficient (Wildman–Crippen LogP) is 6.96. The molecule has 27 heavy (non-hydrogen) atoms. The summed E-state index contributed by atoms with van der Waals surface area (Å²) >= 11 is 0. The summed E-state index contributed by atoms with van der Waals surface area (Å²) < 4.78 is 0. The number of hydrogen-bond donors (Lipinski definition) is 0. The molecule has 2 unspecified atom stereocenters. The highest BCUT2D eigenvalue weighted by molar-refractivity contribution is 5.94. The van der Waals surface area contributed by atoms with Gasteiger partial charge < -0.3 is 4.84 Å². The Morgan fingerprint density at radius 3 is 2.22 bits per heavy atom. The van der Waals surface area contributed by atoms with Crippen molar-refractivity contribution in [2.45, 2.75) is 76.2 Å². The van der Waals surface area contributed by atoms with Crippen LogP contribution in [0, 0.1) is 0 Å². The Morgan fingerprint density at radius 2 is 1.41 bits per heavy atom. The SMILES string of the molecule is c1ccc(CO/N=C2\CCCCCCCCCC3c4ccccc4C23)cc1. The second kappa shape index (κ2) is 9.21. The molecule has 2 aliphatic rings. The van der Waals surface area contributed by atoms with Crippen molar-refractivity contribution in [3.8, 4) is 0 Å². The summed E-state index contributed by atoms with van der Waals surface area (Å²) in [6, 6.07) is 19.3. The first-order valence-electron chi connectivity index (χ1n) is 10.7. The summed E-state index contributed by atoms with van der Waals surface area (Å²) in [5.41, 5.74) is 5.49. The second-order valence-corrected chi connectivity index (χ2v) is 8.07. The molecule has 0 aromatic heterocycles. The van der Waals surface area contributed by atoms with Crippen molar-refractivity contribution in [1.29, 1.82) is 0 Å². The zero-order chi connectivity index (χ0) is 18.3. The van der Waals surface area contributed by atoms with E-state index >= 15 is 0 Å². The van der Waals surface area contributed by atoms with E-state index in [0.29, 0.717) is 18.4 Å². The van der Waals surface area contributed by atoms with E-state index in [1.807, 2.05) is 6.07 Å². The molecule has 0 spiro atoms. The molecule has 0 radical (unpaired) electrons. The van der Waals surface area contributed by atoms with Crippen LogP contribution in [-0.2, 0) is 11.4 Å². The zero-order valence-corrected chi connectivity index (χ0v) is 16.3. The van der Waals surface area contributed by atoms with Gasteiger partial charge in [0.25, 0.3) is 0 Å². The summed E-state index contributed by atoms with van der Waals surface area (Å²) in [6.45, 7) is 0.559. The summed E-state index contributed by atoms with van der Waals surface area (Å²) in [5.74, 6) is 1.11. The molecule has 2 nitrogen and oxygen atoms in total. The molecule has 1 saturated carbocycles. The Balaban J connectivity index is 1.52. The highest BCUT2D eigenvalue weighted by atomic mass is 16.6. The van der Waals surface area contributed by atoms with E-state index in [9.17, 15) is 0 Å². The Bertz CT molecular complexity index is 752. The Kier molecular flexibility index (Phi) is 6.24. The molecule has 2 atom stereocenters. The number of fused-ring (bicyclic) bond motifs is 4. The van der Waals surface area contributed by atoms with Gasteiger partial charge in [0.1, 0.15) is 6.61 Å². The third kappa shape index (κ3) is 4.43. The molecule has 0 heterocycles. The van der Waals surface area contributed by atoms with Gasteiger partial charge in [-0.05, 0) is 41.9 Å². The fourth-order valence-electron chi connectivity index (χ4n) is 4.74. The van der Waals surface area contributed by atoms with Crippen molar-refractivity contribution in [2.75, 3.05) is 0 Å². The first-order chi connectivity index (χ1) is 13.4. The molecule has 1 fully saturated rings. The van der Waals surface area contributed by atoms with Crippen LogP contribution in [0.4, 0.5) is 0 Å². The van der Waals surface area contributed by atoms with E-state index in [1.165, 1.54) is 68.2 Å². The van der Waals surface area contributed by atoms with Crippen LogP contribution in [0.5, 0.6) is 0 Å². The minimum atomic E-state index is 0.469. The zero-order valence-electron chi connectivity index (χ0n) is 16.3. The van der Waals surface area contributed by atoms with Gasteiger partial charge in [-0.2, -0.15) is 0 Å². The number of rotatable bonds is 3.